The van der Waals surface area contributed by atoms with Crippen LogP contribution in [0.4, 0.5) is 0 Å². The van der Waals surface area contributed by atoms with Gasteiger partial charge in [0.2, 0.25) is 5.91 Å². The maximum absolute atomic E-state index is 11.7. The predicted molar refractivity (Wildman–Crippen MR) is 91.9 cm³/mol. The summed E-state index contributed by atoms with van der Waals surface area (Å²) in [5.74, 6) is 0.00279. The van der Waals surface area contributed by atoms with Gasteiger partial charge in [-0.3, -0.25) is 4.79 Å². The molecule has 0 radical (unpaired) electrons. The Kier molecular flexibility index (Phi) is 13.3. The molecular weight excluding hydrogens is 333 g/mol. The molecule has 2 unspecified atom stereocenters. The number of carbonyl (C=O) groups excluding carboxylic acids is 1. The van der Waals surface area contributed by atoms with Gasteiger partial charge < -0.3 is 15.4 Å². The summed E-state index contributed by atoms with van der Waals surface area (Å²) in [7, 11) is 1.87. The molecule has 1 heterocycles. The van der Waals surface area contributed by atoms with Gasteiger partial charge in [-0.15, -0.1) is 36.2 Å². The van der Waals surface area contributed by atoms with Gasteiger partial charge in [0.05, 0.1) is 12.1 Å². The highest BCUT2D eigenvalue weighted by atomic mass is 35.5. The number of rotatable bonds is 8. The summed E-state index contributed by atoms with van der Waals surface area (Å²) < 4.78 is 5.48. The summed E-state index contributed by atoms with van der Waals surface area (Å²) in [5, 5.41) is 8.80. The van der Waals surface area contributed by atoms with Crippen molar-refractivity contribution < 1.29 is 9.53 Å². The highest BCUT2D eigenvalue weighted by Crippen LogP contribution is 2.21. The first-order valence-corrected chi connectivity index (χ1v) is 7.44. The highest BCUT2D eigenvalue weighted by molar-refractivity contribution is 7.09. The predicted octanol–water partition coefficient (Wildman–Crippen LogP) is 2.35. The van der Waals surface area contributed by atoms with Gasteiger partial charge in [0, 0.05) is 24.6 Å². The van der Waals surface area contributed by atoms with E-state index in [0.717, 1.165) is 10.7 Å². The fourth-order valence-corrected chi connectivity index (χ4v) is 2.33. The van der Waals surface area contributed by atoms with Gasteiger partial charge in [-0.1, -0.05) is 0 Å². The number of amides is 1. The minimum atomic E-state index is -0.00359. The van der Waals surface area contributed by atoms with Crippen molar-refractivity contribution in [2.75, 3.05) is 20.2 Å². The van der Waals surface area contributed by atoms with Crippen LogP contribution in [0.2, 0.25) is 0 Å². The number of halogens is 2. The zero-order chi connectivity index (χ0) is 14.3. The van der Waals surface area contributed by atoms with Crippen LogP contribution in [0, 0.1) is 0 Å². The molecule has 0 aliphatic heterocycles. The molecule has 5 nitrogen and oxygen atoms in total. The summed E-state index contributed by atoms with van der Waals surface area (Å²) in [5.41, 5.74) is 0.807. The molecule has 124 valence electrons. The van der Waals surface area contributed by atoms with Crippen molar-refractivity contribution in [3.05, 3.63) is 16.1 Å². The first-order valence-electron chi connectivity index (χ1n) is 6.56. The van der Waals surface area contributed by atoms with Crippen LogP contribution in [-0.2, 0) is 16.0 Å². The second-order valence-corrected chi connectivity index (χ2v) is 5.33. The standard InChI is InChI=1S/C13H23N3O2S.2ClH/c1-5-18-10(3)13-16-11(8-19-13)6-12(17)15-7-9(2)14-4;;/h8-10,14H,5-7H2,1-4H3,(H,15,17);2*1H. The normalized spacial score (nSPS) is 12.8. The summed E-state index contributed by atoms with van der Waals surface area (Å²) in [6.07, 6.45) is 0.322. The van der Waals surface area contributed by atoms with E-state index in [0.29, 0.717) is 19.6 Å². The Morgan fingerprint density at radius 1 is 1.43 bits per heavy atom. The van der Waals surface area contributed by atoms with Gasteiger partial charge in [-0.05, 0) is 27.8 Å². The van der Waals surface area contributed by atoms with Crippen LogP contribution in [0.15, 0.2) is 5.38 Å². The Balaban J connectivity index is 0. The molecule has 1 aromatic rings. The van der Waals surface area contributed by atoms with Crippen LogP contribution in [0.5, 0.6) is 0 Å². The van der Waals surface area contributed by atoms with Crippen molar-refractivity contribution in [2.45, 2.75) is 39.3 Å². The lowest BCUT2D eigenvalue weighted by Crippen LogP contribution is -2.37. The number of hydrogen-bond donors (Lipinski definition) is 2. The highest BCUT2D eigenvalue weighted by Gasteiger charge is 2.12. The van der Waals surface area contributed by atoms with Crippen LogP contribution < -0.4 is 10.6 Å². The van der Waals surface area contributed by atoms with Gasteiger partial charge in [0.25, 0.3) is 0 Å². The number of likely N-dealkylation sites (N-methyl/N-ethyl adjacent to an activating group) is 1. The SMILES string of the molecule is CCOC(C)c1nc(CC(=O)NCC(C)NC)cs1.Cl.Cl. The molecule has 0 aromatic carbocycles. The summed E-state index contributed by atoms with van der Waals surface area (Å²) in [4.78, 5) is 16.2. The fraction of sp³-hybridized carbons (Fsp3) is 0.692. The number of nitrogens with one attached hydrogen (secondary N) is 2. The van der Waals surface area contributed by atoms with Gasteiger partial charge in [-0.25, -0.2) is 4.98 Å². The van der Waals surface area contributed by atoms with Crippen molar-refractivity contribution in [3.8, 4) is 0 Å². The van der Waals surface area contributed by atoms with E-state index in [1.165, 1.54) is 0 Å². The zero-order valence-corrected chi connectivity index (χ0v) is 15.3. The van der Waals surface area contributed by atoms with Crippen LogP contribution in [0.25, 0.3) is 0 Å². The number of thiazole rings is 1. The fourth-order valence-electron chi connectivity index (χ4n) is 1.51. The minimum absolute atomic E-state index is 0. The maximum Gasteiger partial charge on any atom is 0.226 e. The maximum atomic E-state index is 11.7. The van der Waals surface area contributed by atoms with E-state index in [4.69, 9.17) is 4.74 Å². The topological polar surface area (TPSA) is 63.2 Å². The van der Waals surface area contributed by atoms with Gasteiger partial charge in [0.1, 0.15) is 11.1 Å². The Labute approximate surface area is 143 Å². The third-order valence-electron chi connectivity index (χ3n) is 2.77. The first-order chi connectivity index (χ1) is 9.06. The third-order valence-corrected chi connectivity index (χ3v) is 3.83. The Morgan fingerprint density at radius 2 is 2.10 bits per heavy atom. The number of aromatic nitrogens is 1. The van der Waals surface area contributed by atoms with Gasteiger partial charge >= 0.3 is 0 Å². The Bertz CT molecular complexity index is 405. The van der Waals surface area contributed by atoms with Gasteiger partial charge in [-0.2, -0.15) is 0 Å². The van der Waals surface area contributed by atoms with E-state index in [-0.39, 0.29) is 42.9 Å². The molecule has 1 amide bonds. The molecule has 0 aliphatic carbocycles. The van der Waals surface area contributed by atoms with Crippen molar-refractivity contribution in [2.24, 2.45) is 0 Å². The average Bonchev–Trinajstić information content (AvgIpc) is 2.84. The molecule has 0 spiro atoms. The summed E-state index contributed by atoms with van der Waals surface area (Å²) in [6.45, 7) is 7.24. The van der Waals surface area contributed by atoms with Crippen LogP contribution in [0.1, 0.15) is 37.6 Å². The second-order valence-electron chi connectivity index (χ2n) is 4.45. The van der Waals surface area contributed by atoms with Crippen LogP contribution >= 0.6 is 36.2 Å². The van der Waals surface area contributed by atoms with Crippen molar-refractivity contribution >= 4 is 42.1 Å². The molecule has 21 heavy (non-hydrogen) atoms. The average molecular weight is 358 g/mol. The molecule has 0 fully saturated rings. The van der Waals surface area contributed by atoms with E-state index in [9.17, 15) is 4.79 Å². The number of carbonyl (C=O) groups is 1. The number of nitrogens with zero attached hydrogens (tertiary/aromatic N) is 1. The molecular formula is C13H25Cl2N3O2S. The van der Waals surface area contributed by atoms with Crippen molar-refractivity contribution in [1.29, 1.82) is 0 Å². The van der Waals surface area contributed by atoms with E-state index in [1.807, 2.05) is 33.2 Å². The molecule has 8 heteroatoms. The summed E-state index contributed by atoms with van der Waals surface area (Å²) >= 11 is 1.54. The van der Waals surface area contributed by atoms with Crippen LogP contribution in [-0.4, -0.2) is 37.1 Å². The zero-order valence-electron chi connectivity index (χ0n) is 12.8. The minimum Gasteiger partial charge on any atom is -0.372 e. The smallest absolute Gasteiger partial charge is 0.226 e. The second kappa shape index (κ2) is 12.2. The third kappa shape index (κ3) is 8.58. The summed E-state index contributed by atoms with van der Waals surface area (Å²) in [6, 6.07) is 0.271. The molecule has 2 N–H and O–H groups in total. The molecule has 0 bridgehead atoms. The quantitative estimate of drug-likeness (QED) is 0.749. The van der Waals surface area contributed by atoms with E-state index in [1.54, 1.807) is 11.3 Å². The molecule has 1 aromatic heterocycles. The monoisotopic (exact) mass is 357 g/mol. The molecule has 0 aliphatic rings. The van der Waals surface area contributed by atoms with Crippen molar-refractivity contribution in [1.82, 2.24) is 15.6 Å². The Morgan fingerprint density at radius 3 is 2.67 bits per heavy atom. The lowest BCUT2D eigenvalue weighted by atomic mass is 10.3. The number of ether oxygens (including phenoxy) is 1. The largest absolute Gasteiger partial charge is 0.372 e. The van der Waals surface area contributed by atoms with Gasteiger partial charge in [0.15, 0.2) is 0 Å². The van der Waals surface area contributed by atoms with Crippen molar-refractivity contribution in [3.63, 3.8) is 0 Å². The molecule has 0 saturated heterocycles. The molecule has 0 saturated carbocycles. The van der Waals surface area contributed by atoms with E-state index < -0.39 is 0 Å². The van der Waals surface area contributed by atoms with E-state index in [2.05, 4.69) is 15.6 Å². The first kappa shape index (κ1) is 22.9. The Hall–Kier alpha value is -0.400. The number of hydrogen-bond acceptors (Lipinski definition) is 5. The molecule has 1 rings (SSSR count). The van der Waals surface area contributed by atoms with E-state index >= 15 is 0 Å². The van der Waals surface area contributed by atoms with Crippen LogP contribution in [0.3, 0.4) is 0 Å². The lowest BCUT2D eigenvalue weighted by molar-refractivity contribution is -0.120. The lowest BCUT2D eigenvalue weighted by Gasteiger charge is -2.10. The molecule has 2 atom stereocenters.